The van der Waals surface area contributed by atoms with Crippen molar-refractivity contribution in [2.45, 2.75) is 32.1 Å². The summed E-state index contributed by atoms with van der Waals surface area (Å²) in [4.78, 5) is 0. The lowest BCUT2D eigenvalue weighted by Crippen LogP contribution is -2.54. The quantitative estimate of drug-likeness (QED) is 0.853. The highest BCUT2D eigenvalue weighted by Crippen LogP contribution is 2.30. The van der Waals surface area contributed by atoms with Crippen molar-refractivity contribution in [1.29, 1.82) is 0 Å². The first-order chi connectivity index (χ1) is 9.21. The predicted molar refractivity (Wildman–Crippen MR) is 92.0 cm³/mol. The van der Waals surface area contributed by atoms with Crippen molar-refractivity contribution in [3.8, 4) is 0 Å². The van der Waals surface area contributed by atoms with Gasteiger partial charge >= 0.3 is 0 Å². The fourth-order valence-electron chi connectivity index (χ4n) is 2.44. The Morgan fingerprint density at radius 2 is 1.90 bits per heavy atom. The number of nitrogens with zero attached hydrogens (tertiary/aromatic N) is 1. The summed E-state index contributed by atoms with van der Waals surface area (Å²) in [5.74, 6) is 0.0472. The number of benzene rings is 1. The van der Waals surface area contributed by atoms with Gasteiger partial charge < -0.3 is 5.73 Å². The van der Waals surface area contributed by atoms with Crippen LogP contribution in [-0.4, -0.2) is 31.9 Å². The van der Waals surface area contributed by atoms with Gasteiger partial charge in [0.2, 0.25) is 10.0 Å². The smallest absolute Gasteiger partial charge is 0.218 e. The number of piperidine rings is 1. The molecule has 0 bridgehead atoms. The molecule has 1 aromatic rings. The first-order valence-corrected chi connectivity index (χ1v) is 9.09. The Kier molecular flexibility index (Phi) is 6.27. The minimum atomic E-state index is -3.28. The second-order valence-electron chi connectivity index (χ2n) is 6.10. The van der Waals surface area contributed by atoms with Gasteiger partial charge in [0.05, 0.1) is 5.75 Å². The van der Waals surface area contributed by atoms with Crippen molar-refractivity contribution < 1.29 is 8.42 Å². The van der Waals surface area contributed by atoms with E-state index >= 15 is 0 Å². The van der Waals surface area contributed by atoms with E-state index in [2.05, 4.69) is 15.9 Å². The molecule has 1 aliphatic rings. The molecule has 4 nitrogen and oxygen atoms in total. The Morgan fingerprint density at radius 1 is 1.33 bits per heavy atom. The largest absolute Gasteiger partial charge is 0.327 e. The number of sulfonamides is 1. The van der Waals surface area contributed by atoms with E-state index in [1.165, 1.54) is 0 Å². The van der Waals surface area contributed by atoms with E-state index in [1.54, 1.807) is 4.31 Å². The molecule has 2 rings (SSSR count). The summed E-state index contributed by atoms with van der Waals surface area (Å²) in [5, 5.41) is 0. The van der Waals surface area contributed by atoms with E-state index in [0.717, 1.165) is 10.0 Å². The highest BCUT2D eigenvalue weighted by Gasteiger charge is 2.38. The van der Waals surface area contributed by atoms with Gasteiger partial charge in [0.1, 0.15) is 0 Å². The zero-order valence-corrected chi connectivity index (χ0v) is 15.5. The van der Waals surface area contributed by atoms with Crippen molar-refractivity contribution >= 4 is 38.4 Å². The Hall–Kier alpha value is -0.140. The highest BCUT2D eigenvalue weighted by molar-refractivity contribution is 9.10. The molecule has 0 aromatic heterocycles. The molecule has 7 heteroatoms. The van der Waals surface area contributed by atoms with Crippen LogP contribution in [0.25, 0.3) is 0 Å². The average molecular weight is 398 g/mol. The first kappa shape index (κ1) is 18.9. The summed E-state index contributed by atoms with van der Waals surface area (Å²) in [6.45, 7) is 5.06. The molecule has 0 saturated carbocycles. The lowest BCUT2D eigenvalue weighted by atomic mass is 9.81. The van der Waals surface area contributed by atoms with Crippen LogP contribution in [0.4, 0.5) is 0 Å². The monoisotopic (exact) mass is 396 g/mol. The van der Waals surface area contributed by atoms with E-state index < -0.39 is 10.0 Å². The number of nitrogens with two attached hydrogens (primary N) is 1. The standard InChI is InChI=1S/C14H21BrN2O2S.ClH/c1-14(2)10-17(8-7-13(14)16)20(18,19)9-11-3-5-12(15)6-4-11;/h3-6,13H,7-10,16H2,1-2H3;1H. The molecule has 1 aromatic carbocycles. The molecule has 1 saturated heterocycles. The Labute approximate surface area is 141 Å². The third kappa shape index (κ3) is 4.66. The minimum Gasteiger partial charge on any atom is -0.327 e. The maximum Gasteiger partial charge on any atom is 0.218 e. The second-order valence-corrected chi connectivity index (χ2v) is 8.98. The molecular weight excluding hydrogens is 376 g/mol. The summed E-state index contributed by atoms with van der Waals surface area (Å²) in [7, 11) is -3.28. The molecule has 0 spiro atoms. The maximum absolute atomic E-state index is 12.5. The molecule has 1 heterocycles. The zero-order valence-electron chi connectivity index (χ0n) is 12.3. The summed E-state index contributed by atoms with van der Waals surface area (Å²) in [6.07, 6.45) is 0.715. The van der Waals surface area contributed by atoms with Crippen molar-refractivity contribution in [3.05, 3.63) is 34.3 Å². The average Bonchev–Trinajstić information content (AvgIpc) is 2.35. The van der Waals surface area contributed by atoms with Crippen LogP contribution in [0.1, 0.15) is 25.8 Å². The van der Waals surface area contributed by atoms with E-state index in [1.807, 2.05) is 38.1 Å². The molecule has 0 radical (unpaired) electrons. The molecule has 1 fully saturated rings. The van der Waals surface area contributed by atoms with Gasteiger partial charge in [0.15, 0.2) is 0 Å². The van der Waals surface area contributed by atoms with Crippen LogP contribution in [0.5, 0.6) is 0 Å². The van der Waals surface area contributed by atoms with Gasteiger partial charge in [0, 0.05) is 23.6 Å². The van der Waals surface area contributed by atoms with Crippen molar-refractivity contribution in [1.82, 2.24) is 4.31 Å². The van der Waals surface area contributed by atoms with Crippen LogP contribution in [0, 0.1) is 5.41 Å². The lowest BCUT2D eigenvalue weighted by Gasteiger charge is -2.41. The Balaban J connectivity index is 0.00000220. The molecule has 1 atom stereocenters. The van der Waals surface area contributed by atoms with Crippen LogP contribution in [-0.2, 0) is 15.8 Å². The van der Waals surface area contributed by atoms with Gasteiger partial charge in [-0.1, -0.05) is 41.9 Å². The molecule has 1 aliphatic heterocycles. The van der Waals surface area contributed by atoms with E-state index in [4.69, 9.17) is 5.73 Å². The van der Waals surface area contributed by atoms with Gasteiger partial charge in [0.25, 0.3) is 0 Å². The molecule has 0 amide bonds. The molecule has 2 N–H and O–H groups in total. The first-order valence-electron chi connectivity index (χ1n) is 6.68. The van der Waals surface area contributed by atoms with Gasteiger partial charge in [-0.3, -0.25) is 0 Å². The maximum atomic E-state index is 12.5. The van der Waals surface area contributed by atoms with Crippen molar-refractivity contribution in [3.63, 3.8) is 0 Å². The molecular formula is C14H22BrClN2O2S. The van der Waals surface area contributed by atoms with E-state index in [0.29, 0.717) is 19.5 Å². The van der Waals surface area contributed by atoms with Crippen LogP contribution < -0.4 is 5.73 Å². The third-order valence-corrected chi connectivity index (χ3v) is 6.26. The molecule has 1 unspecified atom stereocenters. The van der Waals surface area contributed by atoms with Crippen molar-refractivity contribution in [2.24, 2.45) is 11.1 Å². The van der Waals surface area contributed by atoms with Crippen LogP contribution >= 0.6 is 28.3 Å². The summed E-state index contributed by atoms with van der Waals surface area (Å²) >= 11 is 3.35. The highest BCUT2D eigenvalue weighted by atomic mass is 79.9. The van der Waals surface area contributed by atoms with Gasteiger partial charge in [-0.2, -0.15) is 0 Å². The fourth-order valence-corrected chi connectivity index (χ4v) is 4.42. The second kappa shape index (κ2) is 6.96. The molecule has 0 aliphatic carbocycles. The third-order valence-electron chi connectivity index (χ3n) is 3.93. The summed E-state index contributed by atoms with van der Waals surface area (Å²) < 4.78 is 27.5. The predicted octanol–water partition coefficient (Wildman–Crippen LogP) is 2.76. The lowest BCUT2D eigenvalue weighted by molar-refractivity contribution is 0.155. The fraction of sp³-hybridized carbons (Fsp3) is 0.571. The number of hydrogen-bond acceptors (Lipinski definition) is 3. The van der Waals surface area contributed by atoms with E-state index in [-0.39, 0.29) is 29.6 Å². The molecule has 120 valence electrons. The Morgan fingerprint density at radius 3 is 2.43 bits per heavy atom. The number of halogens is 2. The van der Waals surface area contributed by atoms with Crippen molar-refractivity contribution in [2.75, 3.05) is 13.1 Å². The number of rotatable bonds is 3. The van der Waals surface area contributed by atoms with Crippen LogP contribution in [0.2, 0.25) is 0 Å². The van der Waals surface area contributed by atoms with Crippen LogP contribution in [0.3, 0.4) is 0 Å². The molecule has 21 heavy (non-hydrogen) atoms. The van der Waals surface area contributed by atoms with Gasteiger partial charge in [-0.05, 0) is 29.5 Å². The topological polar surface area (TPSA) is 63.4 Å². The van der Waals surface area contributed by atoms with Gasteiger partial charge in [-0.15, -0.1) is 12.4 Å². The van der Waals surface area contributed by atoms with Crippen LogP contribution in [0.15, 0.2) is 28.7 Å². The van der Waals surface area contributed by atoms with Gasteiger partial charge in [-0.25, -0.2) is 12.7 Å². The zero-order chi connectivity index (χ0) is 15.0. The number of hydrogen-bond donors (Lipinski definition) is 1. The summed E-state index contributed by atoms with van der Waals surface area (Å²) in [6, 6.07) is 7.45. The SMILES string of the molecule is CC1(C)CN(S(=O)(=O)Cc2ccc(Br)cc2)CCC1N.Cl. The summed E-state index contributed by atoms with van der Waals surface area (Å²) in [5.41, 5.74) is 6.69. The normalized spacial score (nSPS) is 22.6. The minimum absolute atomic E-state index is 0. The Bertz CT molecular complexity index is 575. The van der Waals surface area contributed by atoms with E-state index in [9.17, 15) is 8.42 Å².